The van der Waals surface area contributed by atoms with Crippen LogP contribution in [0.15, 0.2) is 23.9 Å². The molecule has 3 heterocycles. The van der Waals surface area contributed by atoms with E-state index in [-0.39, 0.29) is 5.91 Å². The molecule has 0 bridgehead atoms. The van der Waals surface area contributed by atoms with Gasteiger partial charge in [0.2, 0.25) is 11.8 Å². The minimum atomic E-state index is -0.311. The highest BCUT2D eigenvalue weighted by molar-refractivity contribution is 5.91. The van der Waals surface area contributed by atoms with Crippen LogP contribution in [-0.2, 0) is 9.53 Å². The van der Waals surface area contributed by atoms with Gasteiger partial charge in [-0.2, -0.15) is 0 Å². The van der Waals surface area contributed by atoms with Crippen LogP contribution in [0.25, 0.3) is 0 Å². The minimum Gasteiger partial charge on any atom is -0.478 e. The summed E-state index contributed by atoms with van der Waals surface area (Å²) in [6, 6.07) is 0.448. The second kappa shape index (κ2) is 3.98. The molecule has 2 N–H and O–H groups in total. The van der Waals surface area contributed by atoms with E-state index in [1.165, 1.54) is 0 Å². The third kappa shape index (κ3) is 1.85. The third-order valence-corrected chi connectivity index (χ3v) is 3.61. The Balaban J connectivity index is 1.86. The molecular weight excluding hydrogens is 218 g/mol. The number of carbonyl (C=O) groups excluding carboxylic acids is 1. The zero-order valence-corrected chi connectivity index (χ0v) is 9.76. The number of hydrogen-bond acceptors (Lipinski definition) is 4. The van der Waals surface area contributed by atoms with Crippen molar-refractivity contribution in [1.29, 1.82) is 0 Å². The average molecular weight is 235 g/mol. The quantitative estimate of drug-likeness (QED) is 0.712. The summed E-state index contributed by atoms with van der Waals surface area (Å²) in [7, 11) is 0. The second-order valence-corrected chi connectivity index (χ2v) is 4.77. The number of fused-ring (bicyclic) bond motifs is 2. The van der Waals surface area contributed by atoms with Crippen molar-refractivity contribution in [2.45, 2.75) is 25.3 Å². The van der Waals surface area contributed by atoms with E-state index in [0.29, 0.717) is 11.6 Å². The topological polar surface area (TPSA) is 58.8 Å². The van der Waals surface area contributed by atoms with Crippen molar-refractivity contribution >= 4 is 5.91 Å². The van der Waals surface area contributed by atoms with Crippen LogP contribution in [0.4, 0.5) is 0 Å². The van der Waals surface area contributed by atoms with Gasteiger partial charge in [-0.05, 0) is 19.3 Å². The number of carbonyl (C=O) groups is 1. The van der Waals surface area contributed by atoms with Gasteiger partial charge >= 0.3 is 0 Å². The van der Waals surface area contributed by atoms with Crippen LogP contribution in [0.3, 0.4) is 0 Å². The monoisotopic (exact) mass is 235 g/mol. The fourth-order valence-corrected chi connectivity index (χ4v) is 2.65. The summed E-state index contributed by atoms with van der Waals surface area (Å²) < 4.78 is 5.63. The van der Waals surface area contributed by atoms with Crippen molar-refractivity contribution in [1.82, 2.24) is 9.80 Å². The number of primary amides is 1. The molecule has 5 heteroatoms. The Hall–Kier alpha value is -1.65. The zero-order valence-electron chi connectivity index (χ0n) is 9.76. The van der Waals surface area contributed by atoms with Gasteiger partial charge in [-0.1, -0.05) is 0 Å². The summed E-state index contributed by atoms with van der Waals surface area (Å²) in [5.74, 6) is 0.614. The molecule has 17 heavy (non-hydrogen) atoms. The van der Waals surface area contributed by atoms with E-state index in [2.05, 4.69) is 9.80 Å². The van der Waals surface area contributed by atoms with E-state index >= 15 is 0 Å². The lowest BCUT2D eigenvalue weighted by Gasteiger charge is -2.43. The fraction of sp³-hybridized carbons (Fsp3) is 0.583. The van der Waals surface area contributed by atoms with Gasteiger partial charge in [0, 0.05) is 24.9 Å². The number of ether oxygens (including phenoxy) is 1. The number of nitrogens with two attached hydrogens (primary N) is 1. The van der Waals surface area contributed by atoms with Crippen LogP contribution in [0.5, 0.6) is 0 Å². The molecular formula is C12H17N3O2. The van der Waals surface area contributed by atoms with Gasteiger partial charge in [-0.3, -0.25) is 4.79 Å². The van der Waals surface area contributed by atoms with Crippen LogP contribution < -0.4 is 5.73 Å². The van der Waals surface area contributed by atoms with E-state index in [0.717, 1.165) is 44.8 Å². The van der Waals surface area contributed by atoms with E-state index in [9.17, 15) is 4.79 Å². The van der Waals surface area contributed by atoms with Crippen LogP contribution >= 0.6 is 0 Å². The fourth-order valence-electron chi connectivity index (χ4n) is 2.65. The molecule has 3 aliphatic heterocycles. The average Bonchev–Trinajstić information content (AvgIpc) is 2.35. The van der Waals surface area contributed by atoms with E-state index < -0.39 is 0 Å². The standard InChI is InChI=1S/C12H17N3O2/c13-12(16)9-2-3-10-7-14-4-1-5-17-11(14)8-15(10)6-9/h6,8,10H,1-5,7H2,(H2,13,16). The van der Waals surface area contributed by atoms with Crippen molar-refractivity contribution < 1.29 is 9.53 Å². The van der Waals surface area contributed by atoms with Crippen LogP contribution in [-0.4, -0.2) is 41.4 Å². The van der Waals surface area contributed by atoms with Gasteiger partial charge < -0.3 is 20.3 Å². The lowest BCUT2D eigenvalue weighted by molar-refractivity contribution is -0.115. The van der Waals surface area contributed by atoms with Gasteiger partial charge in [0.1, 0.15) is 0 Å². The number of nitrogens with zero attached hydrogens (tertiary/aromatic N) is 2. The Labute approximate surface area is 100 Å². The van der Waals surface area contributed by atoms with Crippen molar-refractivity contribution in [3.63, 3.8) is 0 Å². The van der Waals surface area contributed by atoms with E-state index in [1.54, 1.807) is 0 Å². The van der Waals surface area contributed by atoms with Crippen LogP contribution in [0, 0.1) is 0 Å². The summed E-state index contributed by atoms with van der Waals surface area (Å²) in [6.45, 7) is 2.84. The molecule has 3 aliphatic rings. The van der Waals surface area contributed by atoms with Gasteiger partial charge in [0.05, 0.1) is 18.8 Å². The maximum atomic E-state index is 11.2. The highest BCUT2D eigenvalue weighted by atomic mass is 16.5. The first-order valence-electron chi connectivity index (χ1n) is 6.11. The zero-order chi connectivity index (χ0) is 11.8. The molecule has 0 aliphatic carbocycles. The van der Waals surface area contributed by atoms with Crippen LogP contribution in [0.1, 0.15) is 19.3 Å². The number of amides is 1. The predicted molar refractivity (Wildman–Crippen MR) is 62.4 cm³/mol. The number of rotatable bonds is 1. The molecule has 5 nitrogen and oxygen atoms in total. The summed E-state index contributed by atoms with van der Waals surface area (Å²) in [5, 5.41) is 0. The van der Waals surface area contributed by atoms with E-state index in [4.69, 9.17) is 10.5 Å². The molecule has 1 saturated heterocycles. The molecule has 1 unspecified atom stereocenters. The largest absolute Gasteiger partial charge is 0.478 e. The molecule has 1 atom stereocenters. The SMILES string of the molecule is NC(=O)C1=CN2C=C3OCCCN3CC2CC1. The molecule has 0 radical (unpaired) electrons. The normalized spacial score (nSPS) is 27.4. The first-order valence-corrected chi connectivity index (χ1v) is 6.11. The maximum Gasteiger partial charge on any atom is 0.246 e. The molecule has 0 aromatic carbocycles. The maximum absolute atomic E-state index is 11.2. The molecule has 1 amide bonds. The van der Waals surface area contributed by atoms with Gasteiger partial charge in [-0.25, -0.2) is 0 Å². The van der Waals surface area contributed by atoms with Crippen LogP contribution in [0.2, 0.25) is 0 Å². The Morgan fingerprint density at radius 3 is 3.18 bits per heavy atom. The smallest absolute Gasteiger partial charge is 0.246 e. The molecule has 3 rings (SSSR count). The lowest BCUT2D eigenvalue weighted by Crippen LogP contribution is -2.48. The summed E-state index contributed by atoms with van der Waals surface area (Å²) >= 11 is 0. The molecule has 0 aromatic rings. The minimum absolute atomic E-state index is 0.311. The van der Waals surface area contributed by atoms with Crippen molar-refractivity contribution in [2.24, 2.45) is 5.73 Å². The summed E-state index contributed by atoms with van der Waals surface area (Å²) in [4.78, 5) is 15.5. The molecule has 1 fully saturated rings. The van der Waals surface area contributed by atoms with Crippen molar-refractivity contribution in [3.8, 4) is 0 Å². The predicted octanol–water partition coefficient (Wildman–Crippen LogP) is 0.355. The Morgan fingerprint density at radius 1 is 1.47 bits per heavy atom. The van der Waals surface area contributed by atoms with E-state index in [1.807, 2.05) is 12.4 Å². The lowest BCUT2D eigenvalue weighted by atomic mass is 9.98. The highest BCUT2D eigenvalue weighted by Crippen LogP contribution is 2.29. The van der Waals surface area contributed by atoms with Crippen molar-refractivity contribution in [3.05, 3.63) is 23.9 Å². The summed E-state index contributed by atoms with van der Waals surface area (Å²) in [5.41, 5.74) is 6.04. The molecule has 0 aromatic heterocycles. The van der Waals surface area contributed by atoms with Gasteiger partial charge in [-0.15, -0.1) is 0 Å². The van der Waals surface area contributed by atoms with Gasteiger partial charge in [0.15, 0.2) is 0 Å². The molecule has 0 saturated carbocycles. The van der Waals surface area contributed by atoms with Gasteiger partial charge in [0.25, 0.3) is 0 Å². The van der Waals surface area contributed by atoms with Crippen molar-refractivity contribution in [2.75, 3.05) is 19.7 Å². The first kappa shape index (κ1) is 10.5. The Kier molecular flexibility index (Phi) is 2.46. The molecule has 0 spiro atoms. The second-order valence-electron chi connectivity index (χ2n) is 4.77. The highest BCUT2D eigenvalue weighted by Gasteiger charge is 2.31. The molecule has 92 valence electrons. The number of hydrogen-bond donors (Lipinski definition) is 1. The third-order valence-electron chi connectivity index (χ3n) is 3.61. The first-order chi connectivity index (χ1) is 8.24. The Bertz CT molecular complexity index is 403. The summed E-state index contributed by atoms with van der Waals surface area (Å²) in [6.07, 6.45) is 6.73. The Morgan fingerprint density at radius 2 is 2.35 bits per heavy atom.